The zero-order valence-electron chi connectivity index (χ0n) is 20.6. The number of benzene rings is 1. The summed E-state index contributed by atoms with van der Waals surface area (Å²) in [6.07, 6.45) is 2.12. The summed E-state index contributed by atoms with van der Waals surface area (Å²) in [5.74, 6) is -1.86. The van der Waals surface area contributed by atoms with Crippen molar-refractivity contribution in [2.75, 3.05) is 58.0 Å². The Balaban J connectivity index is 3.05. The van der Waals surface area contributed by atoms with Crippen LogP contribution in [0.2, 0.25) is 0 Å². The number of amides is 3. The molecule has 10 nitrogen and oxygen atoms in total. The van der Waals surface area contributed by atoms with Crippen LogP contribution in [0.1, 0.15) is 12.0 Å². The number of aliphatic carboxylic acids is 1. The zero-order valence-corrected chi connectivity index (χ0v) is 22.3. The molecule has 0 heterocycles. The smallest absolute Gasteiger partial charge is 0.326 e. The lowest BCUT2D eigenvalue weighted by Crippen LogP contribution is -2.52. The van der Waals surface area contributed by atoms with Gasteiger partial charge in [0.15, 0.2) is 0 Å². The Labute approximate surface area is 217 Å². The molecule has 0 radical (unpaired) electrons. The highest BCUT2D eigenvalue weighted by Gasteiger charge is 2.27. The van der Waals surface area contributed by atoms with Gasteiger partial charge in [-0.15, -0.1) is 0 Å². The molecule has 0 aliphatic rings. The first-order valence-corrected chi connectivity index (χ1v) is 13.2. The standard InChI is InChI=1S/C23H37N5O5S2/c1-26(2)10-11-27(22(31)18(24)16-34)15-21(30)28(13-17-7-5-4-6-8-17)14-20(29)25-19(23(32)33)9-12-35-3/h4-8,18-19,34H,9-16,24H2,1-3H3,(H,25,29)(H,32,33)/t18-,19-/m0/s1. The summed E-state index contributed by atoms with van der Waals surface area (Å²) in [5.41, 5.74) is 6.67. The van der Waals surface area contributed by atoms with E-state index >= 15 is 0 Å². The third-order valence-electron chi connectivity index (χ3n) is 5.12. The summed E-state index contributed by atoms with van der Waals surface area (Å²) in [5, 5.41) is 11.9. The zero-order chi connectivity index (χ0) is 26.4. The van der Waals surface area contributed by atoms with Gasteiger partial charge in [-0.05, 0) is 38.1 Å². The molecule has 4 N–H and O–H groups in total. The van der Waals surface area contributed by atoms with Gasteiger partial charge < -0.3 is 30.9 Å². The van der Waals surface area contributed by atoms with Crippen molar-refractivity contribution in [3.8, 4) is 0 Å². The molecule has 0 fully saturated rings. The van der Waals surface area contributed by atoms with Crippen LogP contribution in [-0.2, 0) is 25.7 Å². The number of carbonyl (C=O) groups is 4. The largest absolute Gasteiger partial charge is 0.480 e. The van der Waals surface area contributed by atoms with E-state index in [9.17, 15) is 24.3 Å². The molecule has 0 aliphatic heterocycles. The van der Waals surface area contributed by atoms with Gasteiger partial charge in [-0.1, -0.05) is 30.3 Å². The number of nitrogens with one attached hydrogen (secondary N) is 1. The van der Waals surface area contributed by atoms with Gasteiger partial charge >= 0.3 is 5.97 Å². The predicted molar refractivity (Wildman–Crippen MR) is 141 cm³/mol. The normalized spacial score (nSPS) is 12.6. The van der Waals surface area contributed by atoms with Crippen molar-refractivity contribution >= 4 is 48.1 Å². The molecule has 0 aromatic heterocycles. The molecular weight excluding hydrogens is 490 g/mol. The van der Waals surface area contributed by atoms with Crippen molar-refractivity contribution in [2.24, 2.45) is 5.73 Å². The minimum absolute atomic E-state index is 0.129. The van der Waals surface area contributed by atoms with Crippen molar-refractivity contribution < 1.29 is 24.3 Å². The molecular formula is C23H37N5O5S2. The monoisotopic (exact) mass is 527 g/mol. The summed E-state index contributed by atoms with van der Waals surface area (Å²) < 4.78 is 0. The second-order valence-electron chi connectivity index (χ2n) is 8.33. The Morgan fingerprint density at radius 1 is 1.09 bits per heavy atom. The number of thiol groups is 1. The first-order valence-electron chi connectivity index (χ1n) is 11.2. The fourth-order valence-corrected chi connectivity index (χ4v) is 3.73. The molecule has 1 aromatic rings. The Morgan fingerprint density at radius 2 is 1.74 bits per heavy atom. The molecule has 0 spiro atoms. The highest BCUT2D eigenvalue weighted by Crippen LogP contribution is 2.08. The van der Waals surface area contributed by atoms with Gasteiger partial charge in [-0.3, -0.25) is 14.4 Å². The molecule has 12 heteroatoms. The van der Waals surface area contributed by atoms with Gasteiger partial charge in [0.25, 0.3) is 0 Å². The van der Waals surface area contributed by atoms with Crippen LogP contribution in [0.3, 0.4) is 0 Å². The molecule has 2 atom stereocenters. The summed E-state index contributed by atoms with van der Waals surface area (Å²) in [7, 11) is 3.70. The quantitative estimate of drug-likeness (QED) is 0.220. The lowest BCUT2D eigenvalue weighted by Gasteiger charge is -2.30. The van der Waals surface area contributed by atoms with E-state index in [4.69, 9.17) is 5.73 Å². The third-order valence-corrected chi connectivity index (χ3v) is 6.15. The molecule has 1 rings (SSSR count). The van der Waals surface area contributed by atoms with E-state index in [1.807, 2.05) is 55.6 Å². The number of hydrogen-bond acceptors (Lipinski definition) is 8. The number of carboxylic acids is 1. The topological polar surface area (TPSA) is 136 Å². The second-order valence-corrected chi connectivity index (χ2v) is 9.68. The van der Waals surface area contributed by atoms with Crippen LogP contribution in [0.4, 0.5) is 0 Å². The number of likely N-dealkylation sites (N-methyl/N-ethyl adjacent to an activating group) is 1. The van der Waals surface area contributed by atoms with Crippen LogP contribution >= 0.6 is 24.4 Å². The Hall–Kier alpha value is -2.28. The molecule has 196 valence electrons. The van der Waals surface area contributed by atoms with Gasteiger partial charge in [-0.2, -0.15) is 24.4 Å². The highest BCUT2D eigenvalue weighted by atomic mass is 32.2. The summed E-state index contributed by atoms with van der Waals surface area (Å²) in [4.78, 5) is 54.9. The minimum atomic E-state index is -1.13. The summed E-state index contributed by atoms with van der Waals surface area (Å²) in [6.45, 7) is 0.325. The molecule has 0 saturated heterocycles. The van der Waals surface area contributed by atoms with Crippen LogP contribution < -0.4 is 11.1 Å². The molecule has 1 aromatic carbocycles. The lowest BCUT2D eigenvalue weighted by molar-refractivity contribution is -0.144. The van der Waals surface area contributed by atoms with E-state index in [0.29, 0.717) is 12.3 Å². The predicted octanol–water partition coefficient (Wildman–Crippen LogP) is -0.0150. The Morgan fingerprint density at radius 3 is 2.29 bits per heavy atom. The van der Waals surface area contributed by atoms with Crippen molar-refractivity contribution in [1.82, 2.24) is 20.0 Å². The van der Waals surface area contributed by atoms with Gasteiger partial charge in [0.2, 0.25) is 17.7 Å². The average molecular weight is 528 g/mol. The van der Waals surface area contributed by atoms with Crippen molar-refractivity contribution in [1.29, 1.82) is 0 Å². The number of carboxylic acid groups (broad SMARTS) is 1. The summed E-state index contributed by atoms with van der Waals surface area (Å²) in [6, 6.07) is 7.22. The van der Waals surface area contributed by atoms with E-state index in [2.05, 4.69) is 17.9 Å². The van der Waals surface area contributed by atoms with Gasteiger partial charge in [-0.25, -0.2) is 4.79 Å². The first kappa shape index (κ1) is 30.8. The van der Waals surface area contributed by atoms with Gasteiger partial charge in [0, 0.05) is 25.4 Å². The molecule has 35 heavy (non-hydrogen) atoms. The number of nitrogens with zero attached hydrogens (tertiary/aromatic N) is 3. The number of carbonyl (C=O) groups excluding carboxylic acids is 3. The molecule has 0 aliphatic carbocycles. The summed E-state index contributed by atoms with van der Waals surface area (Å²) >= 11 is 5.57. The third kappa shape index (κ3) is 11.8. The van der Waals surface area contributed by atoms with Gasteiger partial charge in [0.05, 0.1) is 19.1 Å². The van der Waals surface area contributed by atoms with E-state index in [-0.39, 0.29) is 38.4 Å². The maximum absolute atomic E-state index is 13.3. The number of nitrogens with two attached hydrogens (primary N) is 1. The van der Waals surface area contributed by atoms with Crippen LogP contribution in [0, 0.1) is 0 Å². The van der Waals surface area contributed by atoms with E-state index in [1.54, 1.807) is 0 Å². The second kappa shape index (κ2) is 16.4. The highest BCUT2D eigenvalue weighted by molar-refractivity contribution is 7.98. The molecule has 0 bridgehead atoms. The average Bonchev–Trinajstić information content (AvgIpc) is 2.83. The van der Waals surface area contributed by atoms with Crippen LogP contribution in [0.5, 0.6) is 0 Å². The number of thioether (sulfide) groups is 1. The van der Waals surface area contributed by atoms with Crippen LogP contribution in [0.25, 0.3) is 0 Å². The molecule has 0 unspecified atom stereocenters. The van der Waals surface area contributed by atoms with Crippen molar-refractivity contribution in [3.05, 3.63) is 35.9 Å². The molecule has 3 amide bonds. The SMILES string of the molecule is CSCC[C@H](NC(=O)CN(Cc1ccccc1)C(=O)CN(CCN(C)C)C(=O)[C@@H](N)CS)C(=O)O. The van der Waals surface area contributed by atoms with E-state index < -0.39 is 35.8 Å². The fraction of sp³-hybridized carbons (Fsp3) is 0.565. The Bertz CT molecular complexity index is 828. The first-order chi connectivity index (χ1) is 16.6. The Kier molecular flexibility index (Phi) is 14.4. The maximum atomic E-state index is 13.3. The molecule has 0 saturated carbocycles. The van der Waals surface area contributed by atoms with Crippen LogP contribution in [0.15, 0.2) is 30.3 Å². The van der Waals surface area contributed by atoms with Crippen molar-refractivity contribution in [2.45, 2.75) is 25.0 Å². The van der Waals surface area contributed by atoms with E-state index in [1.165, 1.54) is 21.6 Å². The number of rotatable bonds is 16. The fourth-order valence-electron chi connectivity index (χ4n) is 3.11. The number of hydrogen-bond donors (Lipinski definition) is 4. The van der Waals surface area contributed by atoms with Gasteiger partial charge in [0.1, 0.15) is 6.04 Å². The maximum Gasteiger partial charge on any atom is 0.326 e. The lowest BCUT2D eigenvalue weighted by atomic mass is 10.2. The minimum Gasteiger partial charge on any atom is -0.480 e. The van der Waals surface area contributed by atoms with E-state index in [0.717, 1.165) is 5.56 Å². The van der Waals surface area contributed by atoms with Crippen molar-refractivity contribution in [3.63, 3.8) is 0 Å². The van der Waals surface area contributed by atoms with Crippen LogP contribution in [-0.4, -0.2) is 114 Å².